The molecule has 2 aromatic carbocycles. The van der Waals surface area contributed by atoms with Crippen molar-refractivity contribution in [2.75, 3.05) is 38.2 Å². The number of hydrogen-bond donors (Lipinski definition) is 0. The van der Waals surface area contributed by atoms with Crippen molar-refractivity contribution in [3.8, 4) is 5.75 Å². The first-order chi connectivity index (χ1) is 12.3. The zero-order valence-corrected chi connectivity index (χ0v) is 15.4. The Hall–Kier alpha value is -2.19. The first kappa shape index (κ1) is 18.6. The van der Waals surface area contributed by atoms with Crippen LogP contribution >= 0.6 is 0 Å². The molecule has 26 heavy (non-hydrogen) atoms. The molecule has 2 aromatic rings. The van der Waals surface area contributed by atoms with Crippen LogP contribution in [0, 0.1) is 18.6 Å². The first-order valence-corrected chi connectivity index (χ1v) is 9.62. The number of rotatable bonds is 4. The lowest BCUT2D eigenvalue weighted by Crippen LogP contribution is -2.48. The molecule has 0 N–H and O–H groups in total. The Bertz CT molecular complexity index is 911. The largest absolute Gasteiger partial charge is 0.496 e. The smallest absolute Gasteiger partial charge is 0.243 e. The van der Waals surface area contributed by atoms with Crippen LogP contribution in [0.2, 0.25) is 0 Å². The average Bonchev–Trinajstić information content (AvgIpc) is 2.62. The van der Waals surface area contributed by atoms with E-state index in [0.29, 0.717) is 18.8 Å². The normalized spacial score (nSPS) is 15.9. The number of nitrogens with zero attached hydrogens (tertiary/aromatic N) is 2. The van der Waals surface area contributed by atoms with Crippen LogP contribution in [0.25, 0.3) is 0 Å². The van der Waals surface area contributed by atoms with E-state index in [1.165, 1.54) is 29.6 Å². The summed E-state index contributed by atoms with van der Waals surface area (Å²) >= 11 is 0. The molecule has 1 fully saturated rings. The highest BCUT2D eigenvalue weighted by Gasteiger charge is 2.29. The maximum absolute atomic E-state index is 13.9. The predicted molar refractivity (Wildman–Crippen MR) is 95.1 cm³/mol. The molecule has 0 amide bonds. The van der Waals surface area contributed by atoms with Gasteiger partial charge < -0.3 is 9.64 Å². The number of ether oxygens (including phenoxy) is 1. The SMILES string of the molecule is COc1ccc(S(=O)(=O)N2CCN(c3ccc(F)cc3F)CC2)cc1C. The fourth-order valence-corrected chi connectivity index (χ4v) is 4.58. The van der Waals surface area contributed by atoms with Gasteiger partial charge in [0.05, 0.1) is 17.7 Å². The minimum atomic E-state index is -3.63. The quantitative estimate of drug-likeness (QED) is 0.816. The van der Waals surface area contributed by atoms with Gasteiger partial charge in [-0.15, -0.1) is 0 Å². The van der Waals surface area contributed by atoms with Gasteiger partial charge in [-0.25, -0.2) is 17.2 Å². The van der Waals surface area contributed by atoms with Crippen LogP contribution in [0.15, 0.2) is 41.3 Å². The van der Waals surface area contributed by atoms with Crippen LogP contribution in [-0.4, -0.2) is 46.0 Å². The van der Waals surface area contributed by atoms with Crippen LogP contribution in [0.3, 0.4) is 0 Å². The molecule has 0 bridgehead atoms. The van der Waals surface area contributed by atoms with E-state index in [2.05, 4.69) is 0 Å². The van der Waals surface area contributed by atoms with Gasteiger partial charge in [-0.3, -0.25) is 0 Å². The minimum Gasteiger partial charge on any atom is -0.496 e. The standard InChI is InChI=1S/C18H20F2N2O3S/c1-13-11-15(4-6-18(13)25-2)26(23,24)22-9-7-21(8-10-22)17-5-3-14(19)12-16(17)20/h3-6,11-12H,7-10H2,1-2H3. The number of benzene rings is 2. The Kier molecular flexibility index (Phi) is 5.15. The molecule has 1 aliphatic rings. The van der Waals surface area contributed by atoms with E-state index in [-0.39, 0.29) is 23.7 Å². The molecule has 1 heterocycles. The maximum atomic E-state index is 13.9. The zero-order valence-electron chi connectivity index (χ0n) is 14.6. The van der Waals surface area contributed by atoms with Gasteiger partial charge in [0.2, 0.25) is 10.0 Å². The van der Waals surface area contributed by atoms with Crippen LogP contribution in [0.4, 0.5) is 14.5 Å². The summed E-state index contributed by atoms with van der Waals surface area (Å²) in [5.74, 6) is -0.657. The molecular formula is C18H20F2N2O3S. The topological polar surface area (TPSA) is 49.9 Å². The monoisotopic (exact) mass is 382 g/mol. The molecule has 0 aromatic heterocycles. The van der Waals surface area contributed by atoms with Crippen molar-refractivity contribution < 1.29 is 21.9 Å². The number of aryl methyl sites for hydroxylation is 1. The second-order valence-electron chi connectivity index (χ2n) is 6.12. The van der Waals surface area contributed by atoms with Crippen molar-refractivity contribution >= 4 is 15.7 Å². The van der Waals surface area contributed by atoms with E-state index in [0.717, 1.165) is 11.6 Å². The van der Waals surface area contributed by atoms with Crippen molar-refractivity contribution in [1.82, 2.24) is 4.31 Å². The lowest BCUT2D eigenvalue weighted by Gasteiger charge is -2.35. The van der Waals surface area contributed by atoms with Gasteiger partial charge >= 0.3 is 0 Å². The Balaban J connectivity index is 1.75. The second-order valence-corrected chi connectivity index (χ2v) is 8.06. The van der Waals surface area contributed by atoms with Crippen molar-refractivity contribution in [2.45, 2.75) is 11.8 Å². The van der Waals surface area contributed by atoms with Crippen molar-refractivity contribution in [3.05, 3.63) is 53.6 Å². The summed E-state index contributed by atoms with van der Waals surface area (Å²) in [6, 6.07) is 8.14. The maximum Gasteiger partial charge on any atom is 0.243 e. The third kappa shape index (κ3) is 3.52. The molecule has 0 saturated carbocycles. The molecule has 0 atom stereocenters. The Morgan fingerprint density at radius 1 is 1.00 bits per heavy atom. The lowest BCUT2D eigenvalue weighted by molar-refractivity contribution is 0.382. The van der Waals surface area contributed by atoms with Crippen molar-refractivity contribution in [2.24, 2.45) is 0 Å². The second kappa shape index (κ2) is 7.20. The number of hydrogen-bond acceptors (Lipinski definition) is 4. The minimum absolute atomic E-state index is 0.206. The zero-order chi connectivity index (χ0) is 18.9. The average molecular weight is 382 g/mol. The summed E-state index contributed by atoms with van der Waals surface area (Å²) in [6.07, 6.45) is 0. The molecule has 0 aliphatic carbocycles. The number of methoxy groups -OCH3 is 1. The molecule has 140 valence electrons. The molecule has 0 unspecified atom stereocenters. The van der Waals surface area contributed by atoms with E-state index >= 15 is 0 Å². The molecular weight excluding hydrogens is 362 g/mol. The summed E-state index contributed by atoms with van der Waals surface area (Å²) in [5, 5.41) is 0. The van der Waals surface area contributed by atoms with Crippen LogP contribution in [-0.2, 0) is 10.0 Å². The highest BCUT2D eigenvalue weighted by Crippen LogP contribution is 2.26. The molecule has 0 radical (unpaired) electrons. The summed E-state index contributed by atoms with van der Waals surface area (Å²) in [5.41, 5.74) is 1.02. The first-order valence-electron chi connectivity index (χ1n) is 8.17. The van der Waals surface area contributed by atoms with E-state index in [4.69, 9.17) is 4.74 Å². The molecule has 3 rings (SSSR count). The molecule has 1 saturated heterocycles. The van der Waals surface area contributed by atoms with E-state index in [9.17, 15) is 17.2 Å². The van der Waals surface area contributed by atoms with Crippen LogP contribution in [0.5, 0.6) is 5.75 Å². The van der Waals surface area contributed by atoms with Crippen molar-refractivity contribution in [1.29, 1.82) is 0 Å². The van der Waals surface area contributed by atoms with E-state index in [1.54, 1.807) is 24.0 Å². The van der Waals surface area contributed by atoms with Gasteiger partial charge in [-0.1, -0.05) is 0 Å². The fourth-order valence-electron chi connectivity index (χ4n) is 3.07. The summed E-state index contributed by atoms with van der Waals surface area (Å²) in [4.78, 5) is 1.93. The highest BCUT2D eigenvalue weighted by atomic mass is 32.2. The number of piperazine rings is 1. The van der Waals surface area contributed by atoms with Gasteiger partial charge in [-0.05, 0) is 42.8 Å². The molecule has 0 spiro atoms. The van der Waals surface area contributed by atoms with E-state index < -0.39 is 21.7 Å². The van der Waals surface area contributed by atoms with E-state index in [1.807, 2.05) is 0 Å². The fraction of sp³-hybridized carbons (Fsp3) is 0.333. The molecule has 1 aliphatic heterocycles. The Morgan fingerprint density at radius 3 is 2.27 bits per heavy atom. The van der Waals surface area contributed by atoms with Crippen molar-refractivity contribution in [3.63, 3.8) is 0 Å². The Labute approximate surface area is 151 Å². The summed E-state index contributed by atoms with van der Waals surface area (Å²) in [6.45, 7) is 2.90. The predicted octanol–water partition coefficient (Wildman–Crippen LogP) is 2.79. The number of anilines is 1. The highest BCUT2D eigenvalue weighted by molar-refractivity contribution is 7.89. The Morgan fingerprint density at radius 2 is 1.69 bits per heavy atom. The lowest BCUT2D eigenvalue weighted by atomic mass is 10.2. The number of sulfonamides is 1. The summed E-state index contributed by atoms with van der Waals surface area (Å²) < 4.78 is 59.2. The molecule has 5 nitrogen and oxygen atoms in total. The molecule has 8 heteroatoms. The van der Waals surface area contributed by atoms with Gasteiger partial charge in [0.15, 0.2) is 0 Å². The van der Waals surface area contributed by atoms with Crippen LogP contribution in [0.1, 0.15) is 5.56 Å². The van der Waals surface area contributed by atoms with Gasteiger partial charge in [0.1, 0.15) is 17.4 Å². The third-order valence-electron chi connectivity index (χ3n) is 4.49. The van der Waals surface area contributed by atoms with Gasteiger partial charge in [0, 0.05) is 32.2 Å². The van der Waals surface area contributed by atoms with Crippen LogP contribution < -0.4 is 9.64 Å². The van der Waals surface area contributed by atoms with Gasteiger partial charge in [0.25, 0.3) is 0 Å². The third-order valence-corrected chi connectivity index (χ3v) is 6.39. The number of halogens is 2. The summed E-state index contributed by atoms with van der Waals surface area (Å²) in [7, 11) is -2.10. The van der Waals surface area contributed by atoms with Gasteiger partial charge in [-0.2, -0.15) is 4.31 Å².